The lowest BCUT2D eigenvalue weighted by atomic mass is 10.0. The second-order valence-corrected chi connectivity index (χ2v) is 4.87. The van der Waals surface area contributed by atoms with E-state index in [4.69, 9.17) is 9.47 Å². The van der Waals surface area contributed by atoms with Gasteiger partial charge >= 0.3 is 0 Å². The first-order valence-corrected chi connectivity index (χ1v) is 7.06. The average molecular weight is 289 g/mol. The largest absolute Gasteiger partial charge is 0.497 e. The Morgan fingerprint density at radius 1 is 1.24 bits per heavy atom. The molecule has 0 aliphatic rings. The molecule has 0 radical (unpaired) electrons. The van der Waals surface area contributed by atoms with Gasteiger partial charge in [0.1, 0.15) is 11.5 Å². The first kappa shape index (κ1) is 15.4. The van der Waals surface area contributed by atoms with Crippen molar-refractivity contribution in [3.05, 3.63) is 41.2 Å². The number of ether oxygens (including phenoxy) is 2. The Balaban J connectivity index is 2.51. The number of methoxy groups -OCH3 is 2. The van der Waals surface area contributed by atoms with Gasteiger partial charge in [0, 0.05) is 12.6 Å². The number of aromatic nitrogens is 2. The lowest BCUT2D eigenvalue weighted by Crippen LogP contribution is -2.21. The Labute approximate surface area is 125 Å². The van der Waals surface area contributed by atoms with E-state index >= 15 is 0 Å². The molecule has 1 N–H and O–H groups in total. The molecule has 1 heterocycles. The van der Waals surface area contributed by atoms with Gasteiger partial charge in [-0.15, -0.1) is 0 Å². The van der Waals surface area contributed by atoms with Crippen molar-refractivity contribution in [2.75, 3.05) is 21.3 Å². The molecule has 1 aromatic heterocycles. The fraction of sp³-hybridized carbons (Fsp3) is 0.438. The van der Waals surface area contributed by atoms with Crippen LogP contribution in [0.2, 0.25) is 0 Å². The highest BCUT2D eigenvalue weighted by molar-refractivity contribution is 5.45. The van der Waals surface area contributed by atoms with E-state index in [1.165, 1.54) is 0 Å². The molecule has 5 heteroatoms. The molecule has 5 nitrogen and oxygen atoms in total. The highest BCUT2D eigenvalue weighted by Crippen LogP contribution is 2.33. The van der Waals surface area contributed by atoms with Crippen molar-refractivity contribution in [2.24, 2.45) is 7.05 Å². The van der Waals surface area contributed by atoms with Crippen LogP contribution in [0.3, 0.4) is 0 Å². The van der Waals surface area contributed by atoms with E-state index in [0.717, 1.165) is 34.9 Å². The molecule has 0 amide bonds. The zero-order valence-corrected chi connectivity index (χ0v) is 13.3. The number of hydrogen-bond acceptors (Lipinski definition) is 4. The van der Waals surface area contributed by atoms with Gasteiger partial charge in [0.25, 0.3) is 0 Å². The first-order valence-electron chi connectivity index (χ1n) is 7.06. The monoisotopic (exact) mass is 289 g/mol. The van der Waals surface area contributed by atoms with Crippen molar-refractivity contribution >= 4 is 0 Å². The van der Waals surface area contributed by atoms with Crippen molar-refractivity contribution in [2.45, 2.75) is 19.4 Å². The number of aryl methyl sites for hydroxylation is 2. The molecule has 1 atom stereocenters. The molecule has 0 aliphatic carbocycles. The van der Waals surface area contributed by atoms with Crippen LogP contribution in [-0.4, -0.2) is 31.0 Å². The minimum absolute atomic E-state index is 0.00662. The molecule has 2 rings (SSSR count). The highest BCUT2D eigenvalue weighted by atomic mass is 16.5. The third-order valence-corrected chi connectivity index (χ3v) is 3.66. The Hall–Kier alpha value is -2.01. The number of nitrogens with zero attached hydrogens (tertiary/aromatic N) is 2. The van der Waals surface area contributed by atoms with Crippen molar-refractivity contribution < 1.29 is 9.47 Å². The summed E-state index contributed by atoms with van der Waals surface area (Å²) in [4.78, 5) is 0. The molecule has 0 bridgehead atoms. The lowest BCUT2D eigenvalue weighted by Gasteiger charge is -2.20. The maximum atomic E-state index is 5.50. The second kappa shape index (κ2) is 6.63. The molecule has 114 valence electrons. The normalized spacial score (nSPS) is 12.2. The molecule has 0 fully saturated rings. The van der Waals surface area contributed by atoms with Crippen LogP contribution in [-0.2, 0) is 13.5 Å². The zero-order chi connectivity index (χ0) is 15.4. The molecule has 1 aromatic carbocycles. The van der Waals surface area contributed by atoms with E-state index in [2.05, 4.69) is 23.4 Å². The molecule has 0 spiro atoms. The van der Waals surface area contributed by atoms with Crippen LogP contribution in [0.25, 0.3) is 0 Å². The van der Waals surface area contributed by atoms with E-state index in [1.807, 2.05) is 37.0 Å². The predicted octanol–water partition coefficient (Wildman–Crippen LogP) is 2.31. The van der Waals surface area contributed by atoms with Crippen LogP contribution in [0.1, 0.15) is 29.9 Å². The van der Waals surface area contributed by atoms with Crippen LogP contribution in [0.15, 0.2) is 24.3 Å². The number of hydrogen-bond donors (Lipinski definition) is 1. The SMILES string of the molecule is CCc1cc(C(NC)c2cc(OC)ccc2OC)n(C)n1. The first-order chi connectivity index (χ1) is 10.1. The molecule has 0 saturated heterocycles. The fourth-order valence-corrected chi connectivity index (χ4v) is 2.51. The van der Waals surface area contributed by atoms with E-state index in [-0.39, 0.29) is 6.04 Å². The van der Waals surface area contributed by atoms with Crippen molar-refractivity contribution in [1.82, 2.24) is 15.1 Å². The molecular formula is C16H23N3O2. The van der Waals surface area contributed by atoms with Crippen LogP contribution in [0, 0.1) is 0 Å². The molecule has 1 unspecified atom stereocenters. The van der Waals surface area contributed by atoms with Gasteiger partial charge in [-0.1, -0.05) is 6.92 Å². The third-order valence-electron chi connectivity index (χ3n) is 3.66. The summed E-state index contributed by atoms with van der Waals surface area (Å²) < 4.78 is 12.7. The van der Waals surface area contributed by atoms with Gasteiger partial charge in [-0.2, -0.15) is 5.10 Å². The van der Waals surface area contributed by atoms with Gasteiger partial charge in [-0.3, -0.25) is 4.68 Å². The number of benzene rings is 1. The minimum Gasteiger partial charge on any atom is -0.497 e. The van der Waals surface area contributed by atoms with Gasteiger partial charge in [0.2, 0.25) is 0 Å². The summed E-state index contributed by atoms with van der Waals surface area (Å²) in [6.07, 6.45) is 0.916. The zero-order valence-electron chi connectivity index (χ0n) is 13.3. The Morgan fingerprint density at radius 3 is 2.52 bits per heavy atom. The number of nitrogens with one attached hydrogen (secondary N) is 1. The van der Waals surface area contributed by atoms with E-state index in [1.54, 1.807) is 14.2 Å². The summed E-state index contributed by atoms with van der Waals surface area (Å²) in [6.45, 7) is 2.10. The summed E-state index contributed by atoms with van der Waals surface area (Å²) in [7, 11) is 7.24. The van der Waals surface area contributed by atoms with Gasteiger partial charge in [0.05, 0.1) is 31.6 Å². The molecule has 0 saturated carbocycles. The molecule has 2 aromatic rings. The Bertz CT molecular complexity index is 608. The summed E-state index contributed by atoms with van der Waals surface area (Å²) in [5.41, 5.74) is 3.21. The smallest absolute Gasteiger partial charge is 0.124 e. The predicted molar refractivity (Wildman–Crippen MR) is 83.0 cm³/mol. The van der Waals surface area contributed by atoms with Crippen LogP contribution in [0.4, 0.5) is 0 Å². The van der Waals surface area contributed by atoms with Crippen LogP contribution >= 0.6 is 0 Å². The second-order valence-electron chi connectivity index (χ2n) is 4.87. The molecule has 21 heavy (non-hydrogen) atoms. The van der Waals surface area contributed by atoms with Gasteiger partial charge in [-0.25, -0.2) is 0 Å². The standard InChI is InChI=1S/C16H23N3O2/c1-6-11-9-14(19(3)18-11)16(17-2)13-10-12(20-4)7-8-15(13)21-5/h7-10,16-17H,6H2,1-5H3. The molecular weight excluding hydrogens is 266 g/mol. The van der Waals surface area contributed by atoms with E-state index in [9.17, 15) is 0 Å². The van der Waals surface area contributed by atoms with Crippen molar-refractivity contribution in [3.8, 4) is 11.5 Å². The van der Waals surface area contributed by atoms with E-state index in [0.29, 0.717) is 0 Å². The van der Waals surface area contributed by atoms with E-state index < -0.39 is 0 Å². The average Bonchev–Trinajstić information content (AvgIpc) is 2.89. The third kappa shape index (κ3) is 3.03. The van der Waals surface area contributed by atoms with Crippen molar-refractivity contribution in [1.29, 1.82) is 0 Å². The van der Waals surface area contributed by atoms with Gasteiger partial charge < -0.3 is 14.8 Å². The van der Waals surface area contributed by atoms with Gasteiger partial charge in [0.15, 0.2) is 0 Å². The Kier molecular flexibility index (Phi) is 4.85. The topological polar surface area (TPSA) is 48.3 Å². The summed E-state index contributed by atoms with van der Waals surface area (Å²) in [5, 5.41) is 7.87. The van der Waals surface area contributed by atoms with Crippen LogP contribution < -0.4 is 14.8 Å². The quantitative estimate of drug-likeness (QED) is 0.886. The number of rotatable bonds is 6. The maximum Gasteiger partial charge on any atom is 0.124 e. The van der Waals surface area contributed by atoms with Gasteiger partial charge in [-0.05, 0) is 37.7 Å². The van der Waals surface area contributed by atoms with Crippen molar-refractivity contribution in [3.63, 3.8) is 0 Å². The summed E-state index contributed by atoms with van der Waals surface area (Å²) in [5.74, 6) is 1.64. The van der Waals surface area contributed by atoms with Crippen LogP contribution in [0.5, 0.6) is 11.5 Å². The Morgan fingerprint density at radius 2 is 2.00 bits per heavy atom. The minimum atomic E-state index is -0.00662. The molecule has 0 aliphatic heterocycles. The lowest BCUT2D eigenvalue weighted by molar-refractivity contribution is 0.394. The highest BCUT2D eigenvalue weighted by Gasteiger charge is 2.21. The summed E-state index contributed by atoms with van der Waals surface area (Å²) >= 11 is 0. The maximum absolute atomic E-state index is 5.50. The fourth-order valence-electron chi connectivity index (χ4n) is 2.51. The summed E-state index contributed by atoms with van der Waals surface area (Å²) in [6, 6.07) is 7.94.